The van der Waals surface area contributed by atoms with Gasteiger partial charge in [0.15, 0.2) is 5.82 Å². The summed E-state index contributed by atoms with van der Waals surface area (Å²) >= 11 is 1.69. The Balaban J connectivity index is 1.37. The van der Waals surface area contributed by atoms with Gasteiger partial charge in [-0.05, 0) is 35.2 Å². The molecule has 3 rings (SSSR count). The Labute approximate surface area is 140 Å². The summed E-state index contributed by atoms with van der Waals surface area (Å²) < 4.78 is 1.98. The van der Waals surface area contributed by atoms with Gasteiger partial charge < -0.3 is 10.6 Å². The molecule has 0 saturated heterocycles. The van der Waals surface area contributed by atoms with E-state index in [1.165, 1.54) is 5.56 Å². The van der Waals surface area contributed by atoms with Crippen molar-refractivity contribution >= 4 is 17.2 Å². The average molecular weight is 333 g/mol. The van der Waals surface area contributed by atoms with Gasteiger partial charge in [-0.3, -0.25) is 4.79 Å². The van der Waals surface area contributed by atoms with Crippen LogP contribution >= 0.6 is 11.3 Å². The molecule has 2 aromatic heterocycles. The standard InChI is InChI=1S/C16H23N5OS/c1-2-14-19-15-4-3-13(10-21(15)20-14)18-9-16(22)17-7-5-12-6-8-23-11-12/h6,8,11,13,18H,2-5,7,9-10H2,1H3,(H,17,22)/t13-/m1/s1. The fourth-order valence-electron chi connectivity index (χ4n) is 2.76. The molecule has 0 radical (unpaired) electrons. The fourth-order valence-corrected chi connectivity index (χ4v) is 3.46. The first-order valence-corrected chi connectivity index (χ1v) is 9.12. The minimum atomic E-state index is 0.0545. The van der Waals surface area contributed by atoms with Crippen LogP contribution in [-0.2, 0) is 30.6 Å². The number of nitrogens with zero attached hydrogens (tertiary/aromatic N) is 3. The third-order valence-corrected chi connectivity index (χ3v) is 4.82. The van der Waals surface area contributed by atoms with Crippen LogP contribution in [0.2, 0.25) is 0 Å². The molecule has 1 atom stereocenters. The molecule has 0 bridgehead atoms. The van der Waals surface area contributed by atoms with Gasteiger partial charge in [0.1, 0.15) is 5.82 Å². The first-order valence-electron chi connectivity index (χ1n) is 8.18. The van der Waals surface area contributed by atoms with Gasteiger partial charge in [0.25, 0.3) is 0 Å². The number of carbonyl (C=O) groups is 1. The van der Waals surface area contributed by atoms with Crippen LogP contribution < -0.4 is 10.6 Å². The molecular formula is C16H23N5OS. The average Bonchev–Trinajstić information content (AvgIpc) is 3.21. The second kappa shape index (κ2) is 7.70. The maximum atomic E-state index is 11.9. The summed E-state index contributed by atoms with van der Waals surface area (Å²) in [5.41, 5.74) is 1.28. The quantitative estimate of drug-likeness (QED) is 0.798. The zero-order valence-electron chi connectivity index (χ0n) is 13.4. The molecule has 0 unspecified atom stereocenters. The van der Waals surface area contributed by atoms with Crippen LogP contribution in [0.25, 0.3) is 0 Å². The predicted octanol–water partition coefficient (Wildman–Crippen LogP) is 1.17. The summed E-state index contributed by atoms with van der Waals surface area (Å²) in [4.78, 5) is 16.4. The monoisotopic (exact) mass is 333 g/mol. The van der Waals surface area contributed by atoms with Crippen molar-refractivity contribution in [1.29, 1.82) is 0 Å². The third kappa shape index (κ3) is 4.39. The van der Waals surface area contributed by atoms with Crippen LogP contribution in [-0.4, -0.2) is 39.8 Å². The van der Waals surface area contributed by atoms with E-state index in [1.54, 1.807) is 11.3 Å². The Morgan fingerprint density at radius 3 is 3.22 bits per heavy atom. The normalized spacial score (nSPS) is 17.0. The topological polar surface area (TPSA) is 71.8 Å². The van der Waals surface area contributed by atoms with Crippen LogP contribution in [0.3, 0.4) is 0 Å². The number of nitrogens with one attached hydrogen (secondary N) is 2. The molecule has 0 fully saturated rings. The lowest BCUT2D eigenvalue weighted by Gasteiger charge is -2.23. The number of amides is 1. The predicted molar refractivity (Wildman–Crippen MR) is 90.5 cm³/mol. The minimum Gasteiger partial charge on any atom is -0.355 e. The number of hydrogen-bond acceptors (Lipinski definition) is 5. The lowest BCUT2D eigenvalue weighted by atomic mass is 10.1. The van der Waals surface area contributed by atoms with E-state index in [4.69, 9.17) is 0 Å². The lowest BCUT2D eigenvalue weighted by Crippen LogP contribution is -2.43. The van der Waals surface area contributed by atoms with Crippen molar-refractivity contribution in [3.8, 4) is 0 Å². The van der Waals surface area contributed by atoms with Crippen LogP contribution in [0.4, 0.5) is 0 Å². The highest BCUT2D eigenvalue weighted by Crippen LogP contribution is 2.13. The van der Waals surface area contributed by atoms with E-state index in [1.807, 2.05) is 4.68 Å². The maximum absolute atomic E-state index is 11.9. The van der Waals surface area contributed by atoms with E-state index in [0.717, 1.165) is 43.9 Å². The van der Waals surface area contributed by atoms with Gasteiger partial charge >= 0.3 is 0 Å². The first kappa shape index (κ1) is 16.1. The van der Waals surface area contributed by atoms with E-state index in [0.29, 0.717) is 13.1 Å². The number of aryl methyl sites for hydroxylation is 2. The molecule has 7 heteroatoms. The molecule has 2 aromatic rings. The van der Waals surface area contributed by atoms with Crippen molar-refractivity contribution < 1.29 is 4.79 Å². The minimum absolute atomic E-state index is 0.0545. The molecule has 1 aliphatic heterocycles. The molecule has 23 heavy (non-hydrogen) atoms. The second-order valence-corrected chi connectivity index (χ2v) is 6.61. The molecule has 0 aliphatic carbocycles. The molecule has 0 saturated carbocycles. The van der Waals surface area contributed by atoms with Gasteiger partial charge in [-0.25, -0.2) is 9.67 Å². The summed E-state index contributed by atoms with van der Waals surface area (Å²) in [5, 5.41) is 15.0. The van der Waals surface area contributed by atoms with Crippen molar-refractivity contribution in [1.82, 2.24) is 25.4 Å². The van der Waals surface area contributed by atoms with Crippen LogP contribution in [0.15, 0.2) is 16.8 Å². The molecule has 1 amide bonds. The fraction of sp³-hybridized carbons (Fsp3) is 0.562. The van der Waals surface area contributed by atoms with E-state index in [9.17, 15) is 4.79 Å². The summed E-state index contributed by atoms with van der Waals surface area (Å²) in [5.74, 6) is 2.03. The molecule has 6 nitrogen and oxygen atoms in total. The Hall–Kier alpha value is -1.73. The zero-order valence-corrected chi connectivity index (χ0v) is 14.2. The number of aromatic nitrogens is 3. The van der Waals surface area contributed by atoms with Gasteiger partial charge in [-0.15, -0.1) is 0 Å². The summed E-state index contributed by atoms with van der Waals surface area (Å²) in [6, 6.07) is 2.38. The van der Waals surface area contributed by atoms with Crippen LogP contribution in [0, 0.1) is 0 Å². The zero-order chi connectivity index (χ0) is 16.1. The Bertz CT molecular complexity index is 637. The van der Waals surface area contributed by atoms with Gasteiger partial charge in [0.05, 0.1) is 13.1 Å². The van der Waals surface area contributed by atoms with Crippen molar-refractivity contribution in [3.63, 3.8) is 0 Å². The highest BCUT2D eigenvalue weighted by molar-refractivity contribution is 7.07. The SMILES string of the molecule is CCc1nc2n(n1)C[C@H](NCC(=O)NCCc1ccsc1)CC2. The van der Waals surface area contributed by atoms with E-state index >= 15 is 0 Å². The molecule has 3 heterocycles. The summed E-state index contributed by atoms with van der Waals surface area (Å²) in [6.07, 6.45) is 3.68. The van der Waals surface area contributed by atoms with Gasteiger partial charge in [-0.1, -0.05) is 6.92 Å². The molecule has 0 spiro atoms. The summed E-state index contributed by atoms with van der Waals surface area (Å²) in [7, 11) is 0. The number of thiophene rings is 1. The van der Waals surface area contributed by atoms with Gasteiger partial charge in [0, 0.05) is 25.4 Å². The molecular weight excluding hydrogens is 310 g/mol. The van der Waals surface area contributed by atoms with Crippen molar-refractivity contribution in [2.75, 3.05) is 13.1 Å². The molecule has 124 valence electrons. The first-order chi connectivity index (χ1) is 11.2. The van der Waals surface area contributed by atoms with Crippen molar-refractivity contribution in [2.24, 2.45) is 0 Å². The van der Waals surface area contributed by atoms with Crippen molar-refractivity contribution in [3.05, 3.63) is 34.0 Å². The number of carbonyl (C=O) groups excluding carboxylic acids is 1. The second-order valence-electron chi connectivity index (χ2n) is 5.83. The number of fused-ring (bicyclic) bond motifs is 1. The van der Waals surface area contributed by atoms with E-state index < -0.39 is 0 Å². The smallest absolute Gasteiger partial charge is 0.233 e. The molecule has 1 aliphatic rings. The number of rotatable bonds is 7. The highest BCUT2D eigenvalue weighted by atomic mass is 32.1. The summed E-state index contributed by atoms with van der Waals surface area (Å²) in [6.45, 7) is 3.91. The molecule has 2 N–H and O–H groups in total. The van der Waals surface area contributed by atoms with Gasteiger partial charge in [-0.2, -0.15) is 16.4 Å². The van der Waals surface area contributed by atoms with Crippen LogP contribution in [0.1, 0.15) is 30.6 Å². The maximum Gasteiger partial charge on any atom is 0.233 e. The Morgan fingerprint density at radius 1 is 1.52 bits per heavy atom. The number of hydrogen-bond donors (Lipinski definition) is 2. The largest absolute Gasteiger partial charge is 0.355 e. The third-order valence-electron chi connectivity index (χ3n) is 4.09. The van der Waals surface area contributed by atoms with E-state index in [2.05, 4.69) is 44.5 Å². The van der Waals surface area contributed by atoms with Crippen LogP contribution in [0.5, 0.6) is 0 Å². The molecule has 0 aromatic carbocycles. The lowest BCUT2D eigenvalue weighted by molar-refractivity contribution is -0.120. The van der Waals surface area contributed by atoms with Crippen molar-refractivity contribution in [2.45, 2.75) is 45.2 Å². The highest BCUT2D eigenvalue weighted by Gasteiger charge is 2.21. The van der Waals surface area contributed by atoms with E-state index in [-0.39, 0.29) is 11.9 Å². The van der Waals surface area contributed by atoms with Gasteiger partial charge in [0.2, 0.25) is 5.91 Å². The Kier molecular flexibility index (Phi) is 5.40. The Morgan fingerprint density at radius 2 is 2.43 bits per heavy atom.